The molecule has 1 aromatic heterocycles. The number of rotatable bonds is 3. The average Bonchev–Trinajstić information content (AvgIpc) is 3.29. The van der Waals surface area contributed by atoms with Gasteiger partial charge in [-0.2, -0.15) is 13.2 Å². The number of alkyl halides is 3. The lowest BCUT2D eigenvalue weighted by molar-refractivity contribution is -0.137. The van der Waals surface area contributed by atoms with Crippen LogP contribution in [0.5, 0.6) is 0 Å². The van der Waals surface area contributed by atoms with Crippen molar-refractivity contribution < 1.29 is 27.5 Å². The number of hydrogen-bond acceptors (Lipinski definition) is 6. The number of nitrogens with one attached hydrogen (secondary N) is 1. The zero-order valence-corrected chi connectivity index (χ0v) is 17.8. The molecule has 0 unspecified atom stereocenters. The lowest BCUT2D eigenvalue weighted by Crippen LogP contribution is -2.48. The van der Waals surface area contributed by atoms with Crippen LogP contribution in [0.3, 0.4) is 0 Å². The molecular weight excluding hydrogens is 421 g/mol. The van der Waals surface area contributed by atoms with Crippen LogP contribution in [0, 0.1) is 0 Å². The standard InChI is InChI=1S/C19H25F3N4O3S/c1-18(2,3)29-17(28)26-10-12(9-14(26)16(27)25-7-8-30-11-25)24-15-13(19(20,21)22)5-4-6-23-15/h4-6,12,14H,7-11H2,1-3H3,(H,23,24)/t12-,14-/m0/s1. The van der Waals surface area contributed by atoms with E-state index in [-0.39, 0.29) is 24.7 Å². The number of carbonyl (C=O) groups is 2. The number of aromatic nitrogens is 1. The third-order valence-electron chi connectivity index (χ3n) is 4.73. The lowest BCUT2D eigenvalue weighted by Gasteiger charge is -2.29. The SMILES string of the molecule is CC(C)(C)OC(=O)N1C[C@@H](Nc2ncccc2C(F)(F)F)C[C@H]1C(=O)N1CCSC1. The fourth-order valence-electron chi connectivity index (χ4n) is 3.44. The van der Waals surface area contributed by atoms with E-state index >= 15 is 0 Å². The number of halogens is 3. The number of thioether (sulfide) groups is 1. The minimum Gasteiger partial charge on any atom is -0.444 e. The zero-order chi connectivity index (χ0) is 22.1. The number of anilines is 1. The van der Waals surface area contributed by atoms with Gasteiger partial charge in [-0.15, -0.1) is 11.8 Å². The van der Waals surface area contributed by atoms with Crippen molar-refractivity contribution in [1.82, 2.24) is 14.8 Å². The fraction of sp³-hybridized carbons (Fsp3) is 0.632. The molecule has 2 amide bonds. The third kappa shape index (κ3) is 5.30. The maximum Gasteiger partial charge on any atom is 0.419 e. The molecule has 0 bridgehead atoms. The van der Waals surface area contributed by atoms with Crippen LogP contribution in [0.4, 0.5) is 23.8 Å². The first kappa shape index (κ1) is 22.5. The highest BCUT2D eigenvalue weighted by atomic mass is 32.2. The van der Waals surface area contributed by atoms with Gasteiger partial charge in [-0.25, -0.2) is 9.78 Å². The average molecular weight is 446 g/mol. The van der Waals surface area contributed by atoms with Crippen LogP contribution < -0.4 is 5.32 Å². The zero-order valence-electron chi connectivity index (χ0n) is 17.0. The largest absolute Gasteiger partial charge is 0.444 e. The summed E-state index contributed by atoms with van der Waals surface area (Å²) in [6, 6.07) is 0.791. The fourth-order valence-corrected chi connectivity index (χ4v) is 4.39. The van der Waals surface area contributed by atoms with Gasteiger partial charge in [0.2, 0.25) is 5.91 Å². The molecular formula is C19H25F3N4O3S. The van der Waals surface area contributed by atoms with Crippen molar-refractivity contribution in [2.75, 3.05) is 30.0 Å². The van der Waals surface area contributed by atoms with Gasteiger partial charge in [-0.3, -0.25) is 9.69 Å². The molecule has 2 atom stereocenters. The first-order valence-electron chi connectivity index (χ1n) is 9.60. The molecule has 2 fully saturated rings. The van der Waals surface area contributed by atoms with Gasteiger partial charge in [0.1, 0.15) is 17.5 Å². The van der Waals surface area contributed by atoms with E-state index in [1.54, 1.807) is 37.4 Å². The Kier molecular flexibility index (Phi) is 6.40. The van der Waals surface area contributed by atoms with Crippen LogP contribution >= 0.6 is 11.8 Å². The molecule has 3 rings (SSSR count). The highest BCUT2D eigenvalue weighted by Gasteiger charge is 2.44. The molecule has 1 aromatic rings. The van der Waals surface area contributed by atoms with E-state index in [9.17, 15) is 22.8 Å². The normalized spacial score (nSPS) is 22.3. The molecule has 2 aliphatic rings. The number of carbonyl (C=O) groups excluding carboxylic acids is 2. The van der Waals surface area contributed by atoms with Crippen molar-refractivity contribution in [1.29, 1.82) is 0 Å². The molecule has 3 heterocycles. The summed E-state index contributed by atoms with van der Waals surface area (Å²) in [6.45, 7) is 5.77. The Bertz CT molecular complexity index is 794. The lowest BCUT2D eigenvalue weighted by atomic mass is 10.1. The van der Waals surface area contributed by atoms with Crippen LogP contribution in [0.2, 0.25) is 0 Å². The summed E-state index contributed by atoms with van der Waals surface area (Å²) in [5, 5.41) is 2.78. The smallest absolute Gasteiger partial charge is 0.419 e. The van der Waals surface area contributed by atoms with E-state index in [0.717, 1.165) is 11.8 Å². The number of likely N-dealkylation sites (tertiary alicyclic amines) is 1. The third-order valence-corrected chi connectivity index (χ3v) is 5.70. The monoisotopic (exact) mass is 446 g/mol. The number of ether oxygens (including phenoxy) is 1. The Morgan fingerprint density at radius 2 is 2.03 bits per heavy atom. The molecule has 1 N–H and O–H groups in total. The van der Waals surface area contributed by atoms with Crippen LogP contribution in [0.25, 0.3) is 0 Å². The predicted octanol–water partition coefficient (Wildman–Crippen LogP) is 3.42. The van der Waals surface area contributed by atoms with E-state index in [0.29, 0.717) is 12.4 Å². The molecule has 2 aliphatic heterocycles. The Labute approximate surface area is 177 Å². The van der Waals surface area contributed by atoms with Crippen molar-refractivity contribution in [3.8, 4) is 0 Å². The molecule has 0 aliphatic carbocycles. The predicted molar refractivity (Wildman–Crippen MR) is 107 cm³/mol. The minimum absolute atomic E-state index is 0.0418. The van der Waals surface area contributed by atoms with E-state index in [2.05, 4.69) is 10.3 Å². The Morgan fingerprint density at radius 1 is 1.30 bits per heavy atom. The van der Waals surface area contributed by atoms with Crippen molar-refractivity contribution in [3.63, 3.8) is 0 Å². The summed E-state index contributed by atoms with van der Waals surface area (Å²) in [6.07, 6.45) is -3.79. The van der Waals surface area contributed by atoms with Crippen molar-refractivity contribution in [3.05, 3.63) is 23.9 Å². The molecule has 11 heteroatoms. The van der Waals surface area contributed by atoms with Crippen molar-refractivity contribution >= 4 is 29.6 Å². The highest BCUT2D eigenvalue weighted by molar-refractivity contribution is 7.99. The number of nitrogens with zero attached hydrogens (tertiary/aromatic N) is 3. The number of hydrogen-bond donors (Lipinski definition) is 1. The molecule has 2 saturated heterocycles. The number of pyridine rings is 1. The molecule has 0 saturated carbocycles. The molecule has 30 heavy (non-hydrogen) atoms. The Morgan fingerprint density at radius 3 is 2.63 bits per heavy atom. The summed E-state index contributed by atoms with van der Waals surface area (Å²) in [5.74, 6) is 0.819. The first-order chi connectivity index (χ1) is 14.0. The molecule has 0 spiro atoms. The van der Waals surface area contributed by atoms with Gasteiger partial charge in [0, 0.05) is 31.1 Å². The second-order valence-electron chi connectivity index (χ2n) is 8.26. The quantitative estimate of drug-likeness (QED) is 0.767. The second-order valence-corrected chi connectivity index (χ2v) is 9.34. The van der Waals surface area contributed by atoms with Crippen LogP contribution in [0.15, 0.2) is 18.3 Å². The molecule has 0 radical (unpaired) electrons. The molecule has 0 aromatic carbocycles. The summed E-state index contributed by atoms with van der Waals surface area (Å²) < 4.78 is 45.3. The van der Waals surface area contributed by atoms with E-state index in [1.165, 1.54) is 17.2 Å². The van der Waals surface area contributed by atoms with Gasteiger partial charge in [0.15, 0.2) is 0 Å². The van der Waals surface area contributed by atoms with Crippen LogP contribution in [-0.4, -0.2) is 69.2 Å². The van der Waals surface area contributed by atoms with Gasteiger partial charge < -0.3 is 15.0 Å². The van der Waals surface area contributed by atoms with Gasteiger partial charge in [-0.1, -0.05) is 0 Å². The maximum absolute atomic E-state index is 13.3. The van der Waals surface area contributed by atoms with Gasteiger partial charge >= 0.3 is 12.3 Å². The Hall–Kier alpha value is -2.17. The van der Waals surface area contributed by atoms with Crippen molar-refractivity contribution in [2.45, 2.75) is 51.1 Å². The topological polar surface area (TPSA) is 74.8 Å². The van der Waals surface area contributed by atoms with E-state index in [4.69, 9.17) is 4.74 Å². The molecule has 7 nitrogen and oxygen atoms in total. The maximum atomic E-state index is 13.3. The van der Waals surface area contributed by atoms with Crippen molar-refractivity contribution in [2.24, 2.45) is 0 Å². The molecule has 166 valence electrons. The van der Waals surface area contributed by atoms with Gasteiger partial charge in [0.05, 0.1) is 11.4 Å². The second kappa shape index (κ2) is 8.52. The van der Waals surface area contributed by atoms with Gasteiger partial charge in [-0.05, 0) is 39.3 Å². The highest BCUT2D eigenvalue weighted by Crippen LogP contribution is 2.35. The summed E-state index contributed by atoms with van der Waals surface area (Å²) in [7, 11) is 0. The Balaban J connectivity index is 1.81. The van der Waals surface area contributed by atoms with Gasteiger partial charge in [0.25, 0.3) is 0 Å². The van der Waals surface area contributed by atoms with E-state index in [1.807, 2.05) is 0 Å². The van der Waals surface area contributed by atoms with Crippen LogP contribution in [0.1, 0.15) is 32.8 Å². The first-order valence-corrected chi connectivity index (χ1v) is 10.8. The van der Waals surface area contributed by atoms with Crippen LogP contribution in [-0.2, 0) is 15.7 Å². The minimum atomic E-state index is -4.57. The van der Waals surface area contributed by atoms with E-state index < -0.39 is 35.5 Å². The summed E-state index contributed by atoms with van der Waals surface area (Å²) in [5.41, 5.74) is -1.65. The summed E-state index contributed by atoms with van der Waals surface area (Å²) in [4.78, 5) is 32.5. The summed E-state index contributed by atoms with van der Waals surface area (Å²) >= 11 is 1.62. The number of amides is 2.